The minimum atomic E-state index is -2.67. The van der Waals surface area contributed by atoms with E-state index in [1.165, 1.54) is 17.5 Å². The summed E-state index contributed by atoms with van der Waals surface area (Å²) in [4.78, 5) is 12.2. The number of rotatable bonds is 9. The maximum Gasteiger partial charge on any atom is 0.332 e. The van der Waals surface area contributed by atoms with E-state index in [4.69, 9.17) is 13.9 Å². The fourth-order valence-corrected chi connectivity index (χ4v) is 9.69. The van der Waals surface area contributed by atoms with Crippen molar-refractivity contribution in [3.8, 4) is 0 Å². The van der Waals surface area contributed by atoms with Crippen LogP contribution in [0.25, 0.3) is 0 Å². The van der Waals surface area contributed by atoms with Gasteiger partial charge in [0.2, 0.25) is 0 Å². The van der Waals surface area contributed by atoms with Gasteiger partial charge in [0, 0.05) is 18.4 Å². The third-order valence-electron chi connectivity index (χ3n) is 5.89. The summed E-state index contributed by atoms with van der Waals surface area (Å²) >= 11 is 3.56. The average Bonchev–Trinajstić information content (AvgIpc) is 3.42. The van der Waals surface area contributed by atoms with E-state index in [1.54, 1.807) is 0 Å². The van der Waals surface area contributed by atoms with Crippen LogP contribution < -0.4 is 10.4 Å². The SMILES string of the molecule is COCC(=O)OC1(CO[Si](c2ccccc2)(c2ccccc2)C(C)(C)C)CC1CBr. The second-order valence-corrected chi connectivity index (χ2v) is 13.9. The zero-order valence-electron chi connectivity index (χ0n) is 18.2. The Hall–Kier alpha value is -1.47. The minimum Gasteiger partial charge on any atom is -0.455 e. The Balaban J connectivity index is 2.00. The molecule has 1 saturated carbocycles. The molecule has 30 heavy (non-hydrogen) atoms. The van der Waals surface area contributed by atoms with Crippen molar-refractivity contribution in [2.75, 3.05) is 25.7 Å². The van der Waals surface area contributed by atoms with Gasteiger partial charge in [-0.15, -0.1) is 0 Å². The number of benzene rings is 2. The van der Waals surface area contributed by atoms with Gasteiger partial charge in [-0.2, -0.15) is 0 Å². The Labute approximate surface area is 189 Å². The lowest BCUT2D eigenvalue weighted by molar-refractivity contribution is -0.158. The van der Waals surface area contributed by atoms with Crippen LogP contribution in [0.15, 0.2) is 60.7 Å². The van der Waals surface area contributed by atoms with Crippen LogP contribution >= 0.6 is 15.9 Å². The number of hydrogen-bond donors (Lipinski definition) is 0. The van der Waals surface area contributed by atoms with Crippen molar-refractivity contribution in [3.63, 3.8) is 0 Å². The average molecular weight is 491 g/mol. The molecular weight excluding hydrogens is 460 g/mol. The van der Waals surface area contributed by atoms with E-state index in [1.807, 2.05) is 12.1 Å². The molecule has 3 rings (SSSR count). The van der Waals surface area contributed by atoms with Gasteiger partial charge in [0.25, 0.3) is 8.32 Å². The molecule has 0 N–H and O–H groups in total. The number of halogens is 1. The van der Waals surface area contributed by atoms with Gasteiger partial charge in [-0.1, -0.05) is 97.4 Å². The zero-order valence-corrected chi connectivity index (χ0v) is 20.8. The number of alkyl halides is 1. The van der Waals surface area contributed by atoms with Crippen LogP contribution in [-0.4, -0.2) is 45.5 Å². The Morgan fingerprint density at radius 2 is 1.60 bits per heavy atom. The lowest BCUT2D eigenvalue weighted by Gasteiger charge is -2.43. The Morgan fingerprint density at radius 3 is 2.00 bits per heavy atom. The van der Waals surface area contributed by atoms with E-state index < -0.39 is 13.9 Å². The molecule has 0 aliphatic heterocycles. The minimum absolute atomic E-state index is 0.0457. The molecule has 162 valence electrons. The molecule has 0 saturated heterocycles. The number of methoxy groups -OCH3 is 1. The first-order chi connectivity index (χ1) is 14.3. The molecule has 2 aromatic carbocycles. The van der Waals surface area contributed by atoms with Crippen LogP contribution in [0, 0.1) is 5.92 Å². The van der Waals surface area contributed by atoms with Crippen molar-refractivity contribution in [1.29, 1.82) is 0 Å². The lowest BCUT2D eigenvalue weighted by atomic mass is 10.2. The Morgan fingerprint density at radius 1 is 1.07 bits per heavy atom. The largest absolute Gasteiger partial charge is 0.455 e. The van der Waals surface area contributed by atoms with Crippen molar-refractivity contribution in [1.82, 2.24) is 0 Å². The summed E-state index contributed by atoms with van der Waals surface area (Å²) in [6, 6.07) is 21.0. The van der Waals surface area contributed by atoms with Crippen LogP contribution in [0.1, 0.15) is 27.2 Å². The lowest BCUT2D eigenvalue weighted by Crippen LogP contribution is -2.67. The van der Waals surface area contributed by atoms with Crippen molar-refractivity contribution in [2.45, 2.75) is 37.8 Å². The van der Waals surface area contributed by atoms with E-state index in [0.29, 0.717) is 6.61 Å². The van der Waals surface area contributed by atoms with E-state index in [2.05, 4.69) is 85.2 Å². The zero-order chi connectivity index (χ0) is 21.8. The summed E-state index contributed by atoms with van der Waals surface area (Å²) in [6.45, 7) is 7.08. The van der Waals surface area contributed by atoms with Crippen molar-refractivity contribution < 1.29 is 18.7 Å². The molecule has 0 amide bonds. The number of hydrogen-bond acceptors (Lipinski definition) is 4. The predicted octanol–water partition coefficient (Wildman–Crippen LogP) is 3.91. The number of ether oxygens (including phenoxy) is 2. The van der Waals surface area contributed by atoms with Gasteiger partial charge in [-0.25, -0.2) is 4.79 Å². The maximum absolute atomic E-state index is 12.2. The predicted molar refractivity (Wildman–Crippen MR) is 126 cm³/mol. The monoisotopic (exact) mass is 490 g/mol. The fourth-order valence-electron chi connectivity index (χ4n) is 4.25. The van der Waals surface area contributed by atoms with Gasteiger partial charge in [0.05, 0.1) is 6.61 Å². The molecule has 6 heteroatoms. The number of carbonyl (C=O) groups excluding carboxylic acids is 1. The highest BCUT2D eigenvalue weighted by Crippen LogP contribution is 2.49. The third kappa shape index (κ3) is 4.57. The molecule has 0 aromatic heterocycles. The van der Waals surface area contributed by atoms with Crippen molar-refractivity contribution >= 4 is 40.6 Å². The van der Waals surface area contributed by atoms with Crippen LogP contribution in [-0.2, 0) is 18.7 Å². The highest BCUT2D eigenvalue weighted by Gasteiger charge is 2.60. The van der Waals surface area contributed by atoms with Crippen LogP contribution in [0.2, 0.25) is 5.04 Å². The molecule has 0 radical (unpaired) electrons. The highest BCUT2D eigenvalue weighted by molar-refractivity contribution is 9.09. The summed E-state index contributed by atoms with van der Waals surface area (Å²) in [7, 11) is -1.17. The first kappa shape index (κ1) is 23.2. The topological polar surface area (TPSA) is 44.8 Å². The second-order valence-electron chi connectivity index (χ2n) is 8.98. The van der Waals surface area contributed by atoms with Crippen molar-refractivity contribution in [3.05, 3.63) is 60.7 Å². The van der Waals surface area contributed by atoms with Crippen LogP contribution in [0.5, 0.6) is 0 Å². The fraction of sp³-hybridized carbons (Fsp3) is 0.458. The molecule has 4 nitrogen and oxygen atoms in total. The van der Waals surface area contributed by atoms with Gasteiger partial charge in [0.1, 0.15) is 12.2 Å². The van der Waals surface area contributed by atoms with Crippen LogP contribution in [0.3, 0.4) is 0 Å². The highest BCUT2D eigenvalue weighted by atomic mass is 79.9. The summed E-state index contributed by atoms with van der Waals surface area (Å²) in [5.41, 5.74) is -0.591. The van der Waals surface area contributed by atoms with E-state index in [0.717, 1.165) is 11.8 Å². The number of carbonyl (C=O) groups is 1. The first-order valence-corrected chi connectivity index (χ1v) is 13.3. The van der Waals surface area contributed by atoms with E-state index >= 15 is 0 Å². The summed E-state index contributed by atoms with van der Waals surface area (Å²) in [5, 5.41) is 3.10. The van der Waals surface area contributed by atoms with Gasteiger partial charge in [-0.05, 0) is 21.8 Å². The Kier molecular flexibility index (Phi) is 7.23. The number of esters is 1. The molecular formula is C24H31BrO4Si. The molecule has 2 atom stereocenters. The molecule has 0 bridgehead atoms. The summed E-state index contributed by atoms with van der Waals surface area (Å²) in [6.07, 6.45) is 0.798. The summed E-state index contributed by atoms with van der Waals surface area (Å²) < 4.78 is 17.8. The molecule has 1 fully saturated rings. The standard InChI is InChI=1S/C24H31BrO4Si/c1-23(2,3)30(20-11-7-5-8-12-20,21-13-9-6-10-14-21)28-18-24(15-19(24)16-25)29-22(26)17-27-4/h5-14,19H,15-18H2,1-4H3. The molecule has 1 aliphatic rings. The normalized spacial score (nSPS) is 21.3. The molecule has 0 heterocycles. The maximum atomic E-state index is 12.2. The van der Waals surface area contributed by atoms with Gasteiger partial charge < -0.3 is 13.9 Å². The van der Waals surface area contributed by atoms with Crippen LogP contribution in [0.4, 0.5) is 0 Å². The quantitative estimate of drug-likeness (QED) is 0.303. The Bertz CT molecular complexity index is 798. The second kappa shape index (κ2) is 9.35. The van der Waals surface area contributed by atoms with E-state index in [-0.39, 0.29) is 23.5 Å². The van der Waals surface area contributed by atoms with Gasteiger partial charge in [-0.3, -0.25) is 0 Å². The molecule has 0 spiro atoms. The smallest absolute Gasteiger partial charge is 0.332 e. The van der Waals surface area contributed by atoms with Gasteiger partial charge >= 0.3 is 5.97 Å². The van der Waals surface area contributed by atoms with Gasteiger partial charge in [0.15, 0.2) is 0 Å². The molecule has 1 aliphatic carbocycles. The first-order valence-electron chi connectivity index (χ1n) is 10.3. The molecule has 2 unspecified atom stereocenters. The third-order valence-corrected chi connectivity index (χ3v) is 11.7. The van der Waals surface area contributed by atoms with E-state index in [9.17, 15) is 4.79 Å². The summed E-state index contributed by atoms with van der Waals surface area (Å²) in [5.74, 6) is -0.0940. The molecule has 2 aromatic rings. The van der Waals surface area contributed by atoms with Crippen molar-refractivity contribution in [2.24, 2.45) is 5.92 Å².